The summed E-state index contributed by atoms with van der Waals surface area (Å²) in [5.74, 6) is -0.209. The second kappa shape index (κ2) is 8.10. The summed E-state index contributed by atoms with van der Waals surface area (Å²) in [4.78, 5) is 27.4. The number of amides is 2. The van der Waals surface area contributed by atoms with Crippen LogP contribution in [-0.4, -0.2) is 18.4 Å². The number of anilines is 2. The van der Waals surface area contributed by atoms with Gasteiger partial charge in [-0.1, -0.05) is 23.7 Å². The molecule has 146 valence electrons. The highest BCUT2D eigenvalue weighted by Gasteiger charge is 2.24. The van der Waals surface area contributed by atoms with Crippen LogP contribution in [0.5, 0.6) is 0 Å². The van der Waals surface area contributed by atoms with E-state index in [9.17, 15) is 9.59 Å². The van der Waals surface area contributed by atoms with Gasteiger partial charge in [-0.3, -0.25) is 9.59 Å². The van der Waals surface area contributed by atoms with Gasteiger partial charge in [0.05, 0.1) is 0 Å². The van der Waals surface area contributed by atoms with Gasteiger partial charge in [0, 0.05) is 34.1 Å². The molecule has 0 atom stereocenters. The minimum Gasteiger partial charge on any atom is -0.322 e. The van der Waals surface area contributed by atoms with Crippen molar-refractivity contribution in [1.29, 1.82) is 0 Å². The fourth-order valence-electron chi connectivity index (χ4n) is 3.62. The predicted molar refractivity (Wildman–Crippen MR) is 117 cm³/mol. The van der Waals surface area contributed by atoms with Gasteiger partial charge in [-0.05, 0) is 85.5 Å². The van der Waals surface area contributed by atoms with Crippen molar-refractivity contribution < 1.29 is 9.59 Å². The minimum atomic E-state index is -0.153. The molecule has 1 aliphatic rings. The highest BCUT2D eigenvalue weighted by atomic mass is 35.5. The lowest BCUT2D eigenvalue weighted by atomic mass is 9.98. The van der Waals surface area contributed by atoms with E-state index in [0.717, 1.165) is 35.3 Å². The molecule has 1 heterocycles. The lowest BCUT2D eigenvalue weighted by Gasteiger charge is -2.30. The monoisotopic (exact) mass is 404 g/mol. The van der Waals surface area contributed by atoms with Crippen molar-refractivity contribution >= 4 is 34.8 Å². The Morgan fingerprint density at radius 1 is 0.966 bits per heavy atom. The highest BCUT2D eigenvalue weighted by molar-refractivity contribution is 6.30. The van der Waals surface area contributed by atoms with Gasteiger partial charge in [-0.15, -0.1) is 0 Å². The van der Waals surface area contributed by atoms with Crippen LogP contribution in [0.1, 0.15) is 38.3 Å². The molecule has 3 aromatic rings. The highest BCUT2D eigenvalue weighted by Crippen LogP contribution is 2.30. The number of rotatable bonds is 3. The Hall–Kier alpha value is -3.11. The molecule has 0 saturated heterocycles. The maximum atomic E-state index is 13.0. The SMILES string of the molecule is Cc1cccc(NC(=O)c2ccc3c(c2)CCCN3C(=O)c2ccc(Cl)cc2)c1. The quantitative estimate of drug-likeness (QED) is 0.627. The standard InChI is InChI=1S/C24H21ClN2O2/c1-16-4-2-6-21(14-16)26-23(28)19-9-12-22-18(15-19)5-3-13-27(22)24(29)17-7-10-20(25)11-8-17/h2,4,6-12,14-15H,3,5,13H2,1H3,(H,26,28). The number of fused-ring (bicyclic) bond motifs is 1. The first-order valence-corrected chi connectivity index (χ1v) is 9.97. The number of benzene rings is 3. The Morgan fingerprint density at radius 3 is 2.48 bits per heavy atom. The van der Waals surface area contributed by atoms with Crippen molar-refractivity contribution in [3.63, 3.8) is 0 Å². The molecule has 0 fully saturated rings. The van der Waals surface area contributed by atoms with Crippen LogP contribution < -0.4 is 10.2 Å². The molecule has 0 saturated carbocycles. The van der Waals surface area contributed by atoms with E-state index in [1.54, 1.807) is 35.2 Å². The number of halogens is 1. The molecular formula is C24H21ClN2O2. The summed E-state index contributed by atoms with van der Waals surface area (Å²) in [7, 11) is 0. The largest absolute Gasteiger partial charge is 0.322 e. The van der Waals surface area contributed by atoms with Gasteiger partial charge in [0.15, 0.2) is 0 Å². The van der Waals surface area contributed by atoms with Crippen molar-refractivity contribution in [3.05, 3.63) is 94.0 Å². The Labute approximate surface area is 175 Å². The molecule has 0 aromatic heterocycles. The summed E-state index contributed by atoms with van der Waals surface area (Å²) in [5, 5.41) is 3.54. The van der Waals surface area contributed by atoms with Gasteiger partial charge in [0.25, 0.3) is 11.8 Å². The molecule has 3 aromatic carbocycles. The molecule has 0 unspecified atom stereocenters. The first-order valence-electron chi connectivity index (χ1n) is 9.59. The van der Waals surface area contributed by atoms with E-state index in [0.29, 0.717) is 22.7 Å². The fraction of sp³-hybridized carbons (Fsp3) is 0.167. The van der Waals surface area contributed by atoms with E-state index in [-0.39, 0.29) is 11.8 Å². The van der Waals surface area contributed by atoms with E-state index in [1.807, 2.05) is 43.3 Å². The number of hydrogen-bond acceptors (Lipinski definition) is 2. The van der Waals surface area contributed by atoms with E-state index in [4.69, 9.17) is 11.6 Å². The maximum Gasteiger partial charge on any atom is 0.258 e. The molecular weight excluding hydrogens is 384 g/mol. The number of aryl methyl sites for hydroxylation is 2. The Bertz CT molecular complexity index is 1080. The molecule has 4 rings (SSSR count). The van der Waals surface area contributed by atoms with Crippen molar-refractivity contribution in [3.8, 4) is 0 Å². The lowest BCUT2D eigenvalue weighted by Crippen LogP contribution is -2.35. The number of hydrogen-bond donors (Lipinski definition) is 1. The third-order valence-electron chi connectivity index (χ3n) is 5.07. The Balaban J connectivity index is 1.57. The summed E-state index contributed by atoms with van der Waals surface area (Å²) >= 11 is 5.93. The topological polar surface area (TPSA) is 49.4 Å². The first kappa shape index (κ1) is 19.2. The Kier molecular flexibility index (Phi) is 5.36. The van der Waals surface area contributed by atoms with Crippen LogP contribution >= 0.6 is 11.6 Å². The van der Waals surface area contributed by atoms with Crippen LogP contribution in [0.25, 0.3) is 0 Å². The van der Waals surface area contributed by atoms with Gasteiger partial charge in [-0.2, -0.15) is 0 Å². The minimum absolute atomic E-state index is 0.0559. The van der Waals surface area contributed by atoms with Crippen molar-refractivity contribution in [2.75, 3.05) is 16.8 Å². The summed E-state index contributed by atoms with van der Waals surface area (Å²) in [5.41, 5.74) is 4.92. The van der Waals surface area contributed by atoms with Crippen LogP contribution in [0, 0.1) is 6.92 Å². The van der Waals surface area contributed by atoms with E-state index >= 15 is 0 Å². The maximum absolute atomic E-state index is 13.0. The molecule has 1 aliphatic heterocycles. The van der Waals surface area contributed by atoms with E-state index in [1.165, 1.54) is 0 Å². The lowest BCUT2D eigenvalue weighted by molar-refractivity contribution is 0.0984. The Morgan fingerprint density at radius 2 is 1.72 bits per heavy atom. The number of nitrogens with zero attached hydrogens (tertiary/aromatic N) is 1. The average Bonchev–Trinajstić information content (AvgIpc) is 2.73. The van der Waals surface area contributed by atoms with Crippen LogP contribution in [0.15, 0.2) is 66.7 Å². The van der Waals surface area contributed by atoms with Crippen molar-refractivity contribution in [2.24, 2.45) is 0 Å². The smallest absolute Gasteiger partial charge is 0.258 e. The van der Waals surface area contributed by atoms with Crippen molar-refractivity contribution in [1.82, 2.24) is 0 Å². The zero-order valence-electron chi connectivity index (χ0n) is 16.1. The van der Waals surface area contributed by atoms with Crippen LogP contribution in [-0.2, 0) is 6.42 Å². The number of carbonyl (C=O) groups is 2. The molecule has 0 radical (unpaired) electrons. The van der Waals surface area contributed by atoms with Crippen LogP contribution in [0.2, 0.25) is 5.02 Å². The summed E-state index contributed by atoms with van der Waals surface area (Å²) < 4.78 is 0. The van der Waals surface area contributed by atoms with Gasteiger partial charge in [0.1, 0.15) is 0 Å². The molecule has 1 N–H and O–H groups in total. The molecule has 0 bridgehead atoms. The second-order valence-corrected chi connectivity index (χ2v) is 7.67. The van der Waals surface area contributed by atoms with E-state index in [2.05, 4.69) is 5.32 Å². The molecule has 29 heavy (non-hydrogen) atoms. The summed E-state index contributed by atoms with van der Waals surface area (Å²) in [6, 6.07) is 20.2. The summed E-state index contributed by atoms with van der Waals surface area (Å²) in [6.07, 6.45) is 1.70. The first-order chi connectivity index (χ1) is 14.0. The van der Waals surface area contributed by atoms with Gasteiger partial charge in [0.2, 0.25) is 0 Å². The molecule has 5 heteroatoms. The van der Waals surface area contributed by atoms with Crippen LogP contribution in [0.4, 0.5) is 11.4 Å². The van der Waals surface area contributed by atoms with Crippen molar-refractivity contribution in [2.45, 2.75) is 19.8 Å². The second-order valence-electron chi connectivity index (χ2n) is 7.23. The fourth-order valence-corrected chi connectivity index (χ4v) is 3.75. The number of nitrogens with one attached hydrogen (secondary N) is 1. The predicted octanol–water partition coefficient (Wildman–Crippen LogP) is 5.49. The van der Waals surface area contributed by atoms with Gasteiger partial charge < -0.3 is 10.2 Å². The molecule has 0 spiro atoms. The molecule has 2 amide bonds. The zero-order chi connectivity index (χ0) is 20.4. The third-order valence-corrected chi connectivity index (χ3v) is 5.32. The average molecular weight is 405 g/mol. The van der Waals surface area contributed by atoms with Gasteiger partial charge in [-0.25, -0.2) is 0 Å². The number of carbonyl (C=O) groups excluding carboxylic acids is 2. The third kappa shape index (κ3) is 4.17. The summed E-state index contributed by atoms with van der Waals surface area (Å²) in [6.45, 7) is 2.64. The molecule has 4 nitrogen and oxygen atoms in total. The molecule has 0 aliphatic carbocycles. The van der Waals surface area contributed by atoms with Crippen LogP contribution in [0.3, 0.4) is 0 Å². The zero-order valence-corrected chi connectivity index (χ0v) is 16.9. The van der Waals surface area contributed by atoms with E-state index < -0.39 is 0 Å². The van der Waals surface area contributed by atoms with Gasteiger partial charge >= 0.3 is 0 Å². The normalized spacial score (nSPS) is 13.0.